The molecule has 0 bridgehead atoms. The van der Waals surface area contributed by atoms with Crippen molar-refractivity contribution in [1.82, 2.24) is 4.72 Å². The van der Waals surface area contributed by atoms with Crippen molar-refractivity contribution in [2.45, 2.75) is 11.4 Å². The molecule has 0 saturated carbocycles. The molecule has 3 aromatic carbocycles. The summed E-state index contributed by atoms with van der Waals surface area (Å²) in [5.41, 5.74) is 1.73. The summed E-state index contributed by atoms with van der Waals surface area (Å²) in [5, 5.41) is 13.5. The lowest BCUT2D eigenvalue weighted by Gasteiger charge is -2.23. The number of ether oxygens (including phenoxy) is 2. The molecule has 3 aromatic rings. The van der Waals surface area contributed by atoms with Crippen molar-refractivity contribution >= 4 is 35.2 Å². The van der Waals surface area contributed by atoms with Crippen LogP contribution in [0.4, 0.5) is 5.69 Å². The second kappa shape index (κ2) is 8.55. The van der Waals surface area contributed by atoms with Gasteiger partial charge in [-0.1, -0.05) is 35.9 Å². The number of anilines is 1. The first-order valence-corrected chi connectivity index (χ1v) is 9.99. The molecular formula is C21H18ClN3O3S. The summed E-state index contributed by atoms with van der Waals surface area (Å²) in [6, 6.07) is 18.3. The normalized spacial score (nSPS) is 13.9. The van der Waals surface area contributed by atoms with Crippen molar-refractivity contribution in [3.05, 3.63) is 71.2 Å². The highest BCUT2D eigenvalue weighted by atomic mass is 35.5. The van der Waals surface area contributed by atoms with E-state index in [1.54, 1.807) is 24.3 Å². The van der Waals surface area contributed by atoms with Crippen LogP contribution in [0.3, 0.4) is 0 Å². The van der Waals surface area contributed by atoms with Crippen molar-refractivity contribution in [2.75, 3.05) is 12.4 Å². The number of benzene rings is 3. The Labute approximate surface area is 177 Å². The Balaban J connectivity index is 1.54. The number of fused-ring (bicyclic) bond motifs is 1. The second-order valence-corrected chi connectivity index (χ2v) is 7.42. The van der Waals surface area contributed by atoms with E-state index in [9.17, 15) is 5.11 Å². The van der Waals surface area contributed by atoms with Gasteiger partial charge < -0.3 is 19.9 Å². The van der Waals surface area contributed by atoms with Gasteiger partial charge in [0.15, 0.2) is 17.2 Å². The van der Waals surface area contributed by atoms with Gasteiger partial charge in [0.05, 0.1) is 29.3 Å². The van der Waals surface area contributed by atoms with Gasteiger partial charge >= 0.3 is 0 Å². The van der Waals surface area contributed by atoms with Gasteiger partial charge in [0.1, 0.15) is 5.75 Å². The third kappa shape index (κ3) is 4.36. The van der Waals surface area contributed by atoms with Crippen LogP contribution in [0.25, 0.3) is 0 Å². The van der Waals surface area contributed by atoms with E-state index >= 15 is 0 Å². The third-order valence-corrected chi connectivity index (χ3v) is 5.38. The number of hydrogen-bond acceptors (Lipinski definition) is 5. The van der Waals surface area contributed by atoms with Gasteiger partial charge in [-0.3, -0.25) is 4.72 Å². The largest absolute Gasteiger partial charge is 0.504 e. The molecule has 0 aromatic heterocycles. The van der Waals surface area contributed by atoms with Crippen molar-refractivity contribution in [1.29, 1.82) is 0 Å². The molecule has 0 saturated heterocycles. The SMILES string of the molecule is COc1cc(CN=C2NSc3cccc(Oc4ccccc4Cl)c3N2)ccc1O. The summed E-state index contributed by atoms with van der Waals surface area (Å²) in [6.45, 7) is 0.412. The van der Waals surface area contributed by atoms with Crippen LogP contribution < -0.4 is 19.5 Å². The fourth-order valence-electron chi connectivity index (χ4n) is 2.76. The van der Waals surface area contributed by atoms with E-state index in [0.29, 0.717) is 34.8 Å². The van der Waals surface area contributed by atoms with Crippen LogP contribution in [0.5, 0.6) is 23.0 Å². The highest BCUT2D eigenvalue weighted by molar-refractivity contribution is 7.98. The molecule has 0 fully saturated rings. The van der Waals surface area contributed by atoms with Gasteiger partial charge in [-0.2, -0.15) is 0 Å². The third-order valence-electron chi connectivity index (χ3n) is 4.21. The number of hydrogen-bond donors (Lipinski definition) is 3. The predicted molar refractivity (Wildman–Crippen MR) is 116 cm³/mol. The number of aromatic hydroxyl groups is 1. The molecule has 0 aliphatic carbocycles. The first-order valence-electron chi connectivity index (χ1n) is 8.79. The number of methoxy groups -OCH3 is 1. The van der Waals surface area contributed by atoms with Gasteiger partial charge in [0.25, 0.3) is 0 Å². The van der Waals surface area contributed by atoms with Crippen molar-refractivity contribution in [3.63, 3.8) is 0 Å². The Morgan fingerprint density at radius 1 is 1.03 bits per heavy atom. The van der Waals surface area contributed by atoms with Crippen molar-refractivity contribution in [3.8, 4) is 23.0 Å². The molecule has 1 aliphatic heterocycles. The minimum Gasteiger partial charge on any atom is -0.504 e. The zero-order valence-corrected chi connectivity index (χ0v) is 17.1. The zero-order valence-electron chi connectivity index (χ0n) is 15.5. The first kappa shape index (κ1) is 19.3. The Morgan fingerprint density at radius 2 is 1.86 bits per heavy atom. The van der Waals surface area contributed by atoms with Crippen LogP contribution in [-0.4, -0.2) is 18.2 Å². The van der Waals surface area contributed by atoms with Crippen molar-refractivity contribution < 1.29 is 14.6 Å². The van der Waals surface area contributed by atoms with Crippen LogP contribution in [-0.2, 0) is 6.54 Å². The quantitative estimate of drug-likeness (QED) is 0.472. The number of phenolic OH excluding ortho intramolecular Hbond substituents is 1. The monoisotopic (exact) mass is 427 g/mol. The highest BCUT2D eigenvalue weighted by Gasteiger charge is 2.19. The van der Waals surface area contributed by atoms with E-state index < -0.39 is 0 Å². The Kier molecular flexibility index (Phi) is 5.69. The molecule has 4 rings (SSSR count). The van der Waals surface area contributed by atoms with Crippen LogP contribution in [0, 0.1) is 0 Å². The summed E-state index contributed by atoms with van der Waals surface area (Å²) in [4.78, 5) is 5.56. The second-order valence-electron chi connectivity index (χ2n) is 6.16. The fraction of sp³-hybridized carbons (Fsp3) is 0.0952. The van der Waals surface area contributed by atoms with E-state index in [0.717, 1.165) is 16.1 Å². The number of aliphatic imine (C=N–C) groups is 1. The Bertz CT molecular complexity index is 1070. The molecule has 0 spiro atoms. The van der Waals surface area contributed by atoms with Gasteiger partial charge in [-0.25, -0.2) is 4.99 Å². The summed E-state index contributed by atoms with van der Waals surface area (Å²) < 4.78 is 14.4. The number of para-hydroxylation sites is 2. The number of nitrogens with one attached hydrogen (secondary N) is 2. The lowest BCUT2D eigenvalue weighted by Crippen LogP contribution is -2.29. The number of rotatable bonds is 5. The number of halogens is 1. The van der Waals surface area contributed by atoms with Crippen LogP contribution in [0.2, 0.25) is 5.02 Å². The summed E-state index contributed by atoms with van der Waals surface area (Å²) in [6.07, 6.45) is 0. The summed E-state index contributed by atoms with van der Waals surface area (Å²) >= 11 is 7.67. The maximum absolute atomic E-state index is 9.72. The predicted octanol–water partition coefficient (Wildman–Crippen LogP) is 5.42. The molecule has 6 nitrogen and oxygen atoms in total. The minimum atomic E-state index is 0.101. The first-order chi connectivity index (χ1) is 14.1. The highest BCUT2D eigenvalue weighted by Crippen LogP contribution is 2.40. The average molecular weight is 428 g/mol. The van der Waals surface area contributed by atoms with E-state index in [1.807, 2.05) is 36.4 Å². The van der Waals surface area contributed by atoms with E-state index in [4.69, 9.17) is 21.1 Å². The number of phenols is 1. The van der Waals surface area contributed by atoms with Gasteiger partial charge in [0.2, 0.25) is 5.96 Å². The molecule has 0 radical (unpaired) electrons. The maximum Gasteiger partial charge on any atom is 0.206 e. The van der Waals surface area contributed by atoms with E-state index in [-0.39, 0.29) is 5.75 Å². The molecule has 0 amide bonds. The van der Waals surface area contributed by atoms with E-state index in [2.05, 4.69) is 15.0 Å². The molecule has 1 aliphatic rings. The molecular weight excluding hydrogens is 410 g/mol. The summed E-state index contributed by atoms with van der Waals surface area (Å²) in [5.74, 6) is 2.36. The fourth-order valence-corrected chi connectivity index (χ4v) is 3.66. The minimum absolute atomic E-state index is 0.101. The molecule has 0 unspecified atom stereocenters. The van der Waals surface area contributed by atoms with Gasteiger partial charge in [0, 0.05) is 0 Å². The standard InChI is InChI=1S/C21H18ClN3O3S/c1-27-18-11-13(9-10-15(18)26)12-23-21-24-20-17(7-4-8-19(20)29-25-21)28-16-6-3-2-5-14(16)22/h2-11,26H,12H2,1H3,(H2,23,24,25). The van der Waals surface area contributed by atoms with Crippen LogP contribution in [0.1, 0.15) is 5.56 Å². The van der Waals surface area contributed by atoms with Crippen molar-refractivity contribution in [2.24, 2.45) is 4.99 Å². The van der Waals surface area contributed by atoms with Crippen LogP contribution >= 0.6 is 23.5 Å². The topological polar surface area (TPSA) is 75.1 Å². The molecule has 148 valence electrons. The van der Waals surface area contributed by atoms with Gasteiger partial charge in [-0.05, 0) is 53.9 Å². The van der Waals surface area contributed by atoms with E-state index in [1.165, 1.54) is 19.1 Å². The molecule has 0 atom stereocenters. The van der Waals surface area contributed by atoms with Crippen LogP contribution in [0.15, 0.2) is 70.6 Å². The Morgan fingerprint density at radius 3 is 2.69 bits per heavy atom. The smallest absolute Gasteiger partial charge is 0.206 e. The maximum atomic E-state index is 9.72. The molecule has 8 heteroatoms. The molecule has 1 heterocycles. The lowest BCUT2D eigenvalue weighted by atomic mass is 10.2. The molecule has 3 N–H and O–H groups in total. The Hall–Kier alpha value is -3.03. The lowest BCUT2D eigenvalue weighted by molar-refractivity contribution is 0.373. The summed E-state index contributed by atoms with van der Waals surface area (Å²) in [7, 11) is 1.52. The average Bonchev–Trinajstić information content (AvgIpc) is 2.75. The molecule has 29 heavy (non-hydrogen) atoms. The zero-order chi connectivity index (χ0) is 20.2. The van der Waals surface area contributed by atoms with Gasteiger partial charge in [-0.15, -0.1) is 0 Å². The number of guanidine groups is 1. The number of nitrogens with zero attached hydrogens (tertiary/aromatic N) is 1.